The molecule has 1 aromatic carbocycles. The summed E-state index contributed by atoms with van der Waals surface area (Å²) in [6.07, 6.45) is 20.5. The molecule has 0 unspecified atom stereocenters. The molecule has 0 bridgehead atoms. The number of rotatable bonds is 10. The fourth-order valence-electron chi connectivity index (χ4n) is 5.33. The van der Waals surface area contributed by atoms with E-state index in [-0.39, 0.29) is 0 Å². The van der Waals surface area contributed by atoms with E-state index in [0.29, 0.717) is 6.10 Å². The van der Waals surface area contributed by atoms with Crippen LogP contribution in [0.1, 0.15) is 101 Å². The van der Waals surface area contributed by atoms with Crippen molar-refractivity contribution in [1.29, 1.82) is 5.26 Å². The molecule has 0 spiro atoms. The Balaban J connectivity index is 1.30. The van der Waals surface area contributed by atoms with Crippen LogP contribution in [0.25, 0.3) is 0 Å². The van der Waals surface area contributed by atoms with Gasteiger partial charge in [0.15, 0.2) is 0 Å². The van der Waals surface area contributed by atoms with Gasteiger partial charge in [-0.05, 0) is 106 Å². The highest BCUT2D eigenvalue weighted by molar-refractivity contribution is 5.26. The van der Waals surface area contributed by atoms with Crippen LogP contribution in [-0.4, -0.2) is 12.7 Å². The van der Waals surface area contributed by atoms with Crippen LogP contribution in [0.5, 0.6) is 0 Å². The normalized spacial score (nSPS) is 27.2. The van der Waals surface area contributed by atoms with Crippen LogP contribution < -0.4 is 0 Å². The number of unbranched alkanes of at least 4 members (excludes halogenated alkanes) is 1. The molecule has 0 radical (unpaired) electrons. The highest BCUT2D eigenvalue weighted by Gasteiger charge is 2.25. The summed E-state index contributed by atoms with van der Waals surface area (Å²) in [4.78, 5) is 0. The zero-order valence-electron chi connectivity index (χ0n) is 19.0. The van der Waals surface area contributed by atoms with Gasteiger partial charge in [0.1, 0.15) is 0 Å². The quantitative estimate of drug-likeness (QED) is 0.372. The third-order valence-corrected chi connectivity index (χ3v) is 7.41. The molecule has 2 nitrogen and oxygen atoms in total. The lowest BCUT2D eigenvalue weighted by Crippen LogP contribution is -2.25. The number of hydrogen-bond donors (Lipinski definition) is 0. The maximum atomic E-state index is 8.56. The van der Waals surface area contributed by atoms with Crippen molar-refractivity contribution in [1.82, 2.24) is 0 Å². The summed E-state index contributed by atoms with van der Waals surface area (Å²) in [6.45, 7) is 3.24. The highest BCUT2D eigenvalue weighted by Crippen LogP contribution is 2.37. The summed E-state index contributed by atoms with van der Waals surface area (Å²) in [6, 6.07) is 11.6. The van der Waals surface area contributed by atoms with Gasteiger partial charge in [-0.15, -0.1) is 0 Å². The standard InChI is InChI=1S/C28H41NO/c1-2-3-7-23-9-15-26(16-10-23)27-17-11-25(12-18-27)22-30-28-19-13-24(14-20-28)8-5-4-6-21-29/h4,6,9-10,15-16,24-25,27-28H,2-3,5,7-8,11-14,17-20,22H2,1H3. The van der Waals surface area contributed by atoms with E-state index in [4.69, 9.17) is 10.00 Å². The molecule has 0 aliphatic heterocycles. The van der Waals surface area contributed by atoms with Crippen molar-refractivity contribution in [3.8, 4) is 6.07 Å². The lowest BCUT2D eigenvalue weighted by molar-refractivity contribution is -0.00824. The Morgan fingerprint density at radius 2 is 1.67 bits per heavy atom. The number of ether oxygens (including phenoxy) is 1. The van der Waals surface area contributed by atoms with Crippen LogP contribution in [0.15, 0.2) is 36.4 Å². The van der Waals surface area contributed by atoms with Gasteiger partial charge in [-0.1, -0.05) is 43.7 Å². The Labute approximate surface area is 184 Å². The van der Waals surface area contributed by atoms with Crippen LogP contribution >= 0.6 is 0 Å². The fraction of sp³-hybridized carbons (Fsp3) is 0.679. The molecular weight excluding hydrogens is 366 g/mol. The number of nitriles is 1. The van der Waals surface area contributed by atoms with Gasteiger partial charge in [0, 0.05) is 12.7 Å². The molecular formula is C28H41NO. The molecule has 164 valence electrons. The van der Waals surface area contributed by atoms with Gasteiger partial charge >= 0.3 is 0 Å². The van der Waals surface area contributed by atoms with Crippen molar-refractivity contribution >= 4 is 0 Å². The molecule has 0 amide bonds. The van der Waals surface area contributed by atoms with Gasteiger partial charge < -0.3 is 4.74 Å². The number of allylic oxidation sites excluding steroid dienone is 2. The average Bonchev–Trinajstić information content (AvgIpc) is 2.81. The van der Waals surface area contributed by atoms with Crippen LogP contribution in [-0.2, 0) is 11.2 Å². The number of benzene rings is 1. The molecule has 2 saturated carbocycles. The Kier molecular flexibility index (Phi) is 9.97. The van der Waals surface area contributed by atoms with Gasteiger partial charge in [0.05, 0.1) is 12.2 Å². The summed E-state index contributed by atoms with van der Waals surface area (Å²) in [5.74, 6) is 2.35. The second-order valence-corrected chi connectivity index (χ2v) is 9.65. The first-order valence-electron chi connectivity index (χ1n) is 12.5. The highest BCUT2D eigenvalue weighted by atomic mass is 16.5. The molecule has 0 atom stereocenters. The Bertz CT molecular complexity index is 655. The first kappa shape index (κ1) is 23.1. The minimum Gasteiger partial charge on any atom is -0.378 e. The van der Waals surface area contributed by atoms with E-state index in [2.05, 4.69) is 37.3 Å². The van der Waals surface area contributed by atoms with Crippen molar-refractivity contribution < 1.29 is 4.74 Å². The van der Waals surface area contributed by atoms with Crippen molar-refractivity contribution in [2.45, 2.75) is 102 Å². The predicted octanol–water partition coefficient (Wildman–Crippen LogP) is 7.74. The molecule has 2 aliphatic rings. The van der Waals surface area contributed by atoms with Crippen molar-refractivity contribution in [2.75, 3.05) is 6.61 Å². The zero-order valence-corrected chi connectivity index (χ0v) is 19.0. The molecule has 30 heavy (non-hydrogen) atoms. The maximum Gasteiger partial charge on any atom is 0.0908 e. The first-order valence-corrected chi connectivity index (χ1v) is 12.5. The predicted molar refractivity (Wildman–Crippen MR) is 125 cm³/mol. The van der Waals surface area contributed by atoms with Crippen LogP contribution in [0, 0.1) is 23.2 Å². The summed E-state index contributed by atoms with van der Waals surface area (Å²) in [5, 5.41) is 8.56. The average molecular weight is 408 g/mol. The van der Waals surface area contributed by atoms with E-state index in [9.17, 15) is 0 Å². The summed E-state index contributed by atoms with van der Waals surface area (Å²) in [5.41, 5.74) is 3.05. The first-order chi connectivity index (χ1) is 14.8. The molecule has 0 aromatic heterocycles. The topological polar surface area (TPSA) is 33.0 Å². The fourth-order valence-corrected chi connectivity index (χ4v) is 5.33. The molecule has 1 aromatic rings. The molecule has 0 N–H and O–H groups in total. The third-order valence-electron chi connectivity index (χ3n) is 7.41. The summed E-state index contributed by atoms with van der Waals surface area (Å²) in [7, 11) is 0. The van der Waals surface area contributed by atoms with E-state index >= 15 is 0 Å². The lowest BCUT2D eigenvalue weighted by atomic mass is 9.78. The molecule has 2 aliphatic carbocycles. The number of aryl methyl sites for hydroxylation is 1. The molecule has 3 rings (SSSR count). The number of nitrogens with zero attached hydrogens (tertiary/aromatic N) is 1. The van der Waals surface area contributed by atoms with Crippen LogP contribution in [0.3, 0.4) is 0 Å². The lowest BCUT2D eigenvalue weighted by Gasteiger charge is -2.32. The van der Waals surface area contributed by atoms with Crippen LogP contribution in [0.4, 0.5) is 0 Å². The van der Waals surface area contributed by atoms with Gasteiger partial charge in [-0.2, -0.15) is 5.26 Å². The van der Waals surface area contributed by atoms with Crippen molar-refractivity contribution in [3.63, 3.8) is 0 Å². The second-order valence-electron chi connectivity index (χ2n) is 9.65. The molecule has 2 fully saturated rings. The van der Waals surface area contributed by atoms with Gasteiger partial charge in [0.25, 0.3) is 0 Å². The van der Waals surface area contributed by atoms with Crippen molar-refractivity contribution in [3.05, 3.63) is 47.5 Å². The van der Waals surface area contributed by atoms with Gasteiger partial charge in [-0.25, -0.2) is 0 Å². The second kappa shape index (κ2) is 13.0. The summed E-state index contributed by atoms with van der Waals surface area (Å²) < 4.78 is 6.35. The molecule has 0 heterocycles. The maximum absolute atomic E-state index is 8.56. The minimum atomic E-state index is 0.490. The Morgan fingerprint density at radius 3 is 2.33 bits per heavy atom. The van der Waals surface area contributed by atoms with Gasteiger partial charge in [-0.3, -0.25) is 0 Å². The van der Waals surface area contributed by atoms with Crippen molar-refractivity contribution in [2.24, 2.45) is 11.8 Å². The third kappa shape index (κ3) is 7.59. The van der Waals surface area contributed by atoms with E-state index in [1.807, 2.05) is 6.08 Å². The Morgan fingerprint density at radius 1 is 0.967 bits per heavy atom. The summed E-state index contributed by atoms with van der Waals surface area (Å²) >= 11 is 0. The zero-order chi connectivity index (χ0) is 21.0. The Hall–Kier alpha value is -1.59. The monoisotopic (exact) mass is 407 g/mol. The van der Waals surface area contributed by atoms with Crippen LogP contribution in [0.2, 0.25) is 0 Å². The smallest absolute Gasteiger partial charge is 0.0908 e. The largest absolute Gasteiger partial charge is 0.378 e. The SMILES string of the molecule is CCCCc1ccc(C2CCC(COC3CCC(CCC=CC#N)CC3)CC2)cc1. The molecule has 0 saturated heterocycles. The van der Waals surface area contributed by atoms with E-state index in [0.717, 1.165) is 30.8 Å². The van der Waals surface area contributed by atoms with E-state index in [1.54, 1.807) is 11.6 Å². The van der Waals surface area contributed by atoms with E-state index < -0.39 is 0 Å². The minimum absolute atomic E-state index is 0.490. The van der Waals surface area contributed by atoms with Gasteiger partial charge in [0.2, 0.25) is 0 Å². The molecule has 2 heteroatoms. The number of hydrogen-bond acceptors (Lipinski definition) is 2. The van der Waals surface area contributed by atoms with E-state index in [1.165, 1.54) is 82.6 Å².